The predicted molar refractivity (Wildman–Crippen MR) is 76.6 cm³/mol. The second-order valence-corrected chi connectivity index (χ2v) is 5.76. The Morgan fingerprint density at radius 3 is 2.00 bits per heavy atom. The minimum absolute atomic E-state index is 0.186. The lowest BCUT2D eigenvalue weighted by Gasteiger charge is -2.16. The summed E-state index contributed by atoms with van der Waals surface area (Å²) in [6, 6.07) is 6.20. The molecule has 1 aromatic rings. The summed E-state index contributed by atoms with van der Waals surface area (Å²) < 4.78 is 11.6. The van der Waals surface area contributed by atoms with Gasteiger partial charge in [-0.25, -0.2) is 0 Å². The van der Waals surface area contributed by atoms with Gasteiger partial charge in [-0.05, 0) is 43.4 Å². The fourth-order valence-corrected chi connectivity index (χ4v) is 1.61. The minimum atomic E-state index is 0.186. The van der Waals surface area contributed by atoms with Gasteiger partial charge in [-0.2, -0.15) is 0 Å². The third-order valence-corrected chi connectivity index (χ3v) is 2.52. The van der Waals surface area contributed by atoms with E-state index in [1.54, 1.807) is 0 Å². The summed E-state index contributed by atoms with van der Waals surface area (Å²) in [4.78, 5) is 0. The molecule has 0 saturated carbocycles. The molecule has 0 heterocycles. The van der Waals surface area contributed by atoms with E-state index < -0.39 is 0 Å². The first-order valence-corrected chi connectivity index (χ1v) is 6.83. The van der Waals surface area contributed by atoms with Crippen molar-refractivity contribution in [2.75, 3.05) is 6.61 Å². The highest BCUT2D eigenvalue weighted by Gasteiger charge is 2.08. The van der Waals surface area contributed by atoms with Crippen LogP contribution in [0.15, 0.2) is 18.2 Å². The molecule has 1 rings (SSSR count). The van der Waals surface area contributed by atoms with Crippen molar-refractivity contribution < 1.29 is 9.47 Å². The SMILES string of the molecule is CC(C)COc1cc(OC(C)C)cc(C(C)C)c1. The molecule has 2 heteroatoms. The summed E-state index contributed by atoms with van der Waals surface area (Å²) in [6.07, 6.45) is 0.186. The zero-order valence-corrected chi connectivity index (χ0v) is 12.5. The van der Waals surface area contributed by atoms with Crippen LogP contribution < -0.4 is 9.47 Å². The largest absolute Gasteiger partial charge is 0.493 e. The molecule has 1 aromatic carbocycles. The van der Waals surface area contributed by atoms with Crippen molar-refractivity contribution in [3.8, 4) is 11.5 Å². The lowest BCUT2D eigenvalue weighted by Crippen LogP contribution is -2.08. The molecule has 0 unspecified atom stereocenters. The van der Waals surface area contributed by atoms with Gasteiger partial charge in [0.1, 0.15) is 11.5 Å². The van der Waals surface area contributed by atoms with Gasteiger partial charge in [-0.15, -0.1) is 0 Å². The molecule has 0 aliphatic rings. The Morgan fingerprint density at radius 2 is 1.50 bits per heavy atom. The molecule has 0 atom stereocenters. The average molecular weight is 250 g/mol. The van der Waals surface area contributed by atoms with Crippen LogP contribution in [-0.2, 0) is 0 Å². The standard InChI is InChI=1S/C16H26O2/c1-11(2)10-17-15-7-14(12(3)4)8-16(9-15)18-13(5)6/h7-9,11-13H,10H2,1-6H3. The van der Waals surface area contributed by atoms with Gasteiger partial charge in [0, 0.05) is 6.07 Å². The summed E-state index contributed by atoms with van der Waals surface area (Å²) in [5.74, 6) is 2.81. The predicted octanol–water partition coefficient (Wildman–Crippen LogP) is 4.63. The van der Waals surface area contributed by atoms with Crippen LogP contribution in [0.1, 0.15) is 53.0 Å². The maximum Gasteiger partial charge on any atom is 0.123 e. The highest BCUT2D eigenvalue weighted by Crippen LogP contribution is 2.28. The molecule has 0 amide bonds. The first-order chi connectivity index (χ1) is 8.38. The molecule has 0 aliphatic heterocycles. The molecular formula is C16H26O2. The highest BCUT2D eigenvalue weighted by atomic mass is 16.5. The summed E-state index contributed by atoms with van der Waals surface area (Å²) in [5, 5.41) is 0. The molecule has 0 aromatic heterocycles. The first kappa shape index (κ1) is 14.9. The van der Waals surface area contributed by atoms with E-state index in [-0.39, 0.29) is 6.10 Å². The smallest absolute Gasteiger partial charge is 0.123 e. The van der Waals surface area contributed by atoms with Gasteiger partial charge in [0.25, 0.3) is 0 Å². The molecule has 0 spiro atoms. The average Bonchev–Trinajstić information content (AvgIpc) is 2.25. The maximum atomic E-state index is 5.80. The van der Waals surface area contributed by atoms with Gasteiger partial charge in [0.05, 0.1) is 12.7 Å². The molecule has 0 saturated heterocycles. The minimum Gasteiger partial charge on any atom is -0.493 e. The van der Waals surface area contributed by atoms with E-state index in [0.717, 1.165) is 18.1 Å². The number of benzene rings is 1. The maximum absolute atomic E-state index is 5.80. The lowest BCUT2D eigenvalue weighted by molar-refractivity contribution is 0.237. The van der Waals surface area contributed by atoms with Gasteiger partial charge in [0.2, 0.25) is 0 Å². The Bertz CT molecular complexity index is 367. The van der Waals surface area contributed by atoms with Crippen LogP contribution in [0.5, 0.6) is 11.5 Å². The summed E-state index contributed by atoms with van der Waals surface area (Å²) >= 11 is 0. The van der Waals surface area contributed by atoms with E-state index in [0.29, 0.717) is 11.8 Å². The van der Waals surface area contributed by atoms with Crippen molar-refractivity contribution in [1.82, 2.24) is 0 Å². The van der Waals surface area contributed by atoms with Gasteiger partial charge in [-0.3, -0.25) is 0 Å². The monoisotopic (exact) mass is 250 g/mol. The number of hydrogen-bond donors (Lipinski definition) is 0. The van der Waals surface area contributed by atoms with Crippen molar-refractivity contribution in [1.29, 1.82) is 0 Å². The second kappa shape index (κ2) is 6.67. The zero-order chi connectivity index (χ0) is 13.7. The zero-order valence-electron chi connectivity index (χ0n) is 12.5. The van der Waals surface area contributed by atoms with Gasteiger partial charge >= 0.3 is 0 Å². The number of hydrogen-bond acceptors (Lipinski definition) is 2. The Morgan fingerprint density at radius 1 is 0.889 bits per heavy atom. The van der Waals surface area contributed by atoms with E-state index in [4.69, 9.17) is 9.47 Å². The Kier molecular flexibility index (Phi) is 5.52. The van der Waals surface area contributed by atoms with Crippen LogP contribution >= 0.6 is 0 Å². The quantitative estimate of drug-likeness (QED) is 0.732. The number of ether oxygens (including phenoxy) is 2. The Balaban J connectivity index is 2.91. The Hall–Kier alpha value is -1.18. The molecule has 0 bridgehead atoms. The fourth-order valence-electron chi connectivity index (χ4n) is 1.61. The van der Waals surface area contributed by atoms with Crippen molar-refractivity contribution in [2.24, 2.45) is 5.92 Å². The third kappa shape index (κ3) is 4.99. The molecule has 102 valence electrons. The number of rotatable bonds is 6. The molecule has 18 heavy (non-hydrogen) atoms. The molecule has 0 radical (unpaired) electrons. The van der Waals surface area contributed by atoms with E-state index in [2.05, 4.69) is 39.8 Å². The molecule has 2 nitrogen and oxygen atoms in total. The summed E-state index contributed by atoms with van der Waals surface area (Å²) in [7, 11) is 0. The third-order valence-electron chi connectivity index (χ3n) is 2.52. The van der Waals surface area contributed by atoms with Gasteiger partial charge < -0.3 is 9.47 Å². The van der Waals surface area contributed by atoms with Crippen LogP contribution in [0.3, 0.4) is 0 Å². The van der Waals surface area contributed by atoms with E-state index >= 15 is 0 Å². The first-order valence-electron chi connectivity index (χ1n) is 6.83. The summed E-state index contributed by atoms with van der Waals surface area (Å²) in [5.41, 5.74) is 1.26. The van der Waals surface area contributed by atoms with Crippen LogP contribution in [0.4, 0.5) is 0 Å². The lowest BCUT2D eigenvalue weighted by atomic mass is 10.0. The Labute approximate surface area is 111 Å². The van der Waals surface area contributed by atoms with E-state index in [9.17, 15) is 0 Å². The highest BCUT2D eigenvalue weighted by molar-refractivity contribution is 5.39. The normalized spacial score (nSPS) is 11.4. The van der Waals surface area contributed by atoms with Crippen LogP contribution in [-0.4, -0.2) is 12.7 Å². The van der Waals surface area contributed by atoms with Crippen molar-refractivity contribution in [2.45, 2.75) is 53.6 Å². The van der Waals surface area contributed by atoms with Crippen LogP contribution in [0.25, 0.3) is 0 Å². The van der Waals surface area contributed by atoms with Crippen LogP contribution in [0.2, 0.25) is 0 Å². The van der Waals surface area contributed by atoms with Crippen LogP contribution in [0, 0.1) is 5.92 Å². The topological polar surface area (TPSA) is 18.5 Å². The summed E-state index contributed by atoms with van der Waals surface area (Å²) in [6.45, 7) is 13.5. The van der Waals surface area contributed by atoms with Crippen molar-refractivity contribution >= 4 is 0 Å². The molecular weight excluding hydrogens is 224 g/mol. The van der Waals surface area contributed by atoms with Gasteiger partial charge in [-0.1, -0.05) is 27.7 Å². The molecule has 0 N–H and O–H groups in total. The fraction of sp³-hybridized carbons (Fsp3) is 0.625. The molecule has 0 aliphatic carbocycles. The van der Waals surface area contributed by atoms with Crippen molar-refractivity contribution in [3.05, 3.63) is 23.8 Å². The van der Waals surface area contributed by atoms with Gasteiger partial charge in [0.15, 0.2) is 0 Å². The van der Waals surface area contributed by atoms with E-state index in [1.807, 2.05) is 19.9 Å². The second-order valence-electron chi connectivity index (χ2n) is 5.76. The van der Waals surface area contributed by atoms with E-state index in [1.165, 1.54) is 5.56 Å². The van der Waals surface area contributed by atoms with Crippen molar-refractivity contribution in [3.63, 3.8) is 0 Å². The molecule has 0 fully saturated rings.